The van der Waals surface area contributed by atoms with Gasteiger partial charge in [-0.2, -0.15) is 0 Å². The van der Waals surface area contributed by atoms with Crippen molar-refractivity contribution in [2.24, 2.45) is 5.41 Å². The second kappa shape index (κ2) is 6.03. The van der Waals surface area contributed by atoms with Crippen molar-refractivity contribution in [2.45, 2.75) is 52.1 Å². The van der Waals surface area contributed by atoms with Gasteiger partial charge in [0.25, 0.3) is 0 Å². The van der Waals surface area contributed by atoms with E-state index >= 15 is 0 Å². The van der Waals surface area contributed by atoms with E-state index in [-0.39, 0.29) is 0 Å². The third-order valence-electron chi connectivity index (χ3n) is 6.47. The van der Waals surface area contributed by atoms with E-state index in [2.05, 4.69) is 41.9 Å². The highest BCUT2D eigenvalue weighted by Gasteiger charge is 2.46. The maximum atomic E-state index is 5.87. The molecule has 1 aromatic heterocycles. The zero-order valence-corrected chi connectivity index (χ0v) is 15.1. The van der Waals surface area contributed by atoms with Crippen molar-refractivity contribution in [3.05, 3.63) is 35.5 Å². The highest BCUT2D eigenvalue weighted by Crippen LogP contribution is 2.47. The molecule has 24 heavy (non-hydrogen) atoms. The Balaban J connectivity index is 1.74. The molecular weight excluding hydrogens is 296 g/mol. The zero-order valence-electron chi connectivity index (χ0n) is 15.1. The molecular formula is C21H28N2O. The summed E-state index contributed by atoms with van der Waals surface area (Å²) < 4.78 is 5.87. The molecule has 1 saturated heterocycles. The third kappa shape index (κ3) is 2.41. The lowest BCUT2D eigenvalue weighted by Gasteiger charge is -2.45. The Labute approximate surface area is 145 Å². The fourth-order valence-corrected chi connectivity index (χ4v) is 5.03. The molecule has 1 spiro atoms. The molecule has 1 saturated carbocycles. The second-order valence-corrected chi connectivity index (χ2v) is 7.74. The van der Waals surface area contributed by atoms with Gasteiger partial charge in [0.2, 0.25) is 0 Å². The first-order valence-corrected chi connectivity index (χ1v) is 9.27. The maximum Gasteiger partial charge on any atom is 0.0754 e. The predicted molar refractivity (Wildman–Crippen MR) is 99.7 cm³/mol. The molecule has 3 nitrogen and oxygen atoms in total. The fraction of sp³-hybridized carbons (Fsp3) is 0.571. The van der Waals surface area contributed by atoms with Gasteiger partial charge in [0.1, 0.15) is 0 Å². The standard InChI is InChI=1S/C21H28N2O/c1-15-7-8-17-18(9-12-22-20(17)16(15)2)23-13-5-11-21(14-23)10-4-6-19(21)24-3/h7-9,12,19H,4-6,10-11,13-14H2,1-3H3/t19-,21-/m1/s1. The first-order chi connectivity index (χ1) is 11.6. The molecule has 128 valence electrons. The minimum atomic E-state index is 0.350. The van der Waals surface area contributed by atoms with Gasteiger partial charge in [-0.1, -0.05) is 18.6 Å². The molecule has 2 atom stereocenters. The van der Waals surface area contributed by atoms with Crippen molar-refractivity contribution in [1.29, 1.82) is 0 Å². The number of pyridine rings is 1. The summed E-state index contributed by atoms with van der Waals surface area (Å²) >= 11 is 0. The fourth-order valence-electron chi connectivity index (χ4n) is 5.03. The molecule has 2 fully saturated rings. The number of rotatable bonds is 2. The van der Waals surface area contributed by atoms with Gasteiger partial charge in [0.15, 0.2) is 0 Å². The van der Waals surface area contributed by atoms with E-state index in [1.54, 1.807) is 0 Å². The molecule has 0 N–H and O–H groups in total. The van der Waals surface area contributed by atoms with Crippen molar-refractivity contribution in [2.75, 3.05) is 25.1 Å². The lowest BCUT2D eigenvalue weighted by Crippen LogP contribution is -2.48. The predicted octanol–water partition coefficient (Wildman–Crippen LogP) is 4.64. The van der Waals surface area contributed by atoms with E-state index in [0.717, 1.165) is 18.6 Å². The number of anilines is 1. The van der Waals surface area contributed by atoms with E-state index in [1.807, 2.05) is 13.3 Å². The van der Waals surface area contributed by atoms with Crippen LogP contribution in [0.2, 0.25) is 0 Å². The summed E-state index contributed by atoms with van der Waals surface area (Å²) in [6.45, 7) is 6.62. The summed E-state index contributed by atoms with van der Waals surface area (Å²) in [4.78, 5) is 7.26. The van der Waals surface area contributed by atoms with Gasteiger partial charge in [0, 0.05) is 42.9 Å². The molecule has 2 aliphatic rings. The normalized spacial score (nSPS) is 27.3. The van der Waals surface area contributed by atoms with Crippen LogP contribution in [0.5, 0.6) is 0 Å². The molecule has 1 aromatic carbocycles. The van der Waals surface area contributed by atoms with Crippen LogP contribution in [0.15, 0.2) is 24.4 Å². The summed E-state index contributed by atoms with van der Waals surface area (Å²) in [6, 6.07) is 6.69. The van der Waals surface area contributed by atoms with Crippen molar-refractivity contribution < 1.29 is 4.74 Å². The zero-order chi connectivity index (χ0) is 16.7. The van der Waals surface area contributed by atoms with Crippen LogP contribution in [-0.4, -0.2) is 31.3 Å². The number of nitrogens with zero attached hydrogens (tertiary/aromatic N) is 2. The molecule has 1 aliphatic carbocycles. The van der Waals surface area contributed by atoms with Gasteiger partial charge in [-0.25, -0.2) is 0 Å². The lowest BCUT2D eigenvalue weighted by atomic mass is 9.76. The third-order valence-corrected chi connectivity index (χ3v) is 6.47. The van der Waals surface area contributed by atoms with E-state index in [0.29, 0.717) is 11.5 Å². The minimum absolute atomic E-state index is 0.350. The summed E-state index contributed by atoms with van der Waals surface area (Å²) in [5, 5.41) is 1.30. The quantitative estimate of drug-likeness (QED) is 0.805. The van der Waals surface area contributed by atoms with Crippen molar-refractivity contribution in [1.82, 2.24) is 4.98 Å². The number of hydrogen-bond donors (Lipinski definition) is 0. The number of hydrogen-bond acceptors (Lipinski definition) is 3. The van der Waals surface area contributed by atoms with Crippen molar-refractivity contribution in [3.63, 3.8) is 0 Å². The van der Waals surface area contributed by atoms with Gasteiger partial charge in [0.05, 0.1) is 11.6 Å². The van der Waals surface area contributed by atoms with Crippen LogP contribution in [-0.2, 0) is 4.74 Å². The van der Waals surface area contributed by atoms with E-state index < -0.39 is 0 Å². The van der Waals surface area contributed by atoms with Gasteiger partial charge < -0.3 is 9.64 Å². The average Bonchev–Trinajstić information content (AvgIpc) is 2.99. The molecule has 0 radical (unpaired) electrons. The van der Waals surface area contributed by atoms with Crippen molar-refractivity contribution >= 4 is 16.6 Å². The number of piperidine rings is 1. The Morgan fingerprint density at radius 1 is 1.17 bits per heavy atom. The number of benzene rings is 1. The van der Waals surface area contributed by atoms with Crippen LogP contribution in [0.25, 0.3) is 10.9 Å². The Bertz CT molecular complexity index is 757. The second-order valence-electron chi connectivity index (χ2n) is 7.74. The smallest absolute Gasteiger partial charge is 0.0754 e. The highest BCUT2D eigenvalue weighted by atomic mass is 16.5. The van der Waals surface area contributed by atoms with E-state index in [4.69, 9.17) is 4.74 Å². The summed E-state index contributed by atoms with van der Waals surface area (Å²) in [7, 11) is 1.89. The first-order valence-electron chi connectivity index (χ1n) is 9.27. The monoisotopic (exact) mass is 324 g/mol. The Morgan fingerprint density at radius 2 is 2.00 bits per heavy atom. The number of aromatic nitrogens is 1. The molecule has 4 rings (SSSR count). The number of methoxy groups -OCH3 is 1. The van der Waals surface area contributed by atoms with Gasteiger partial charge >= 0.3 is 0 Å². The van der Waals surface area contributed by atoms with Crippen LogP contribution >= 0.6 is 0 Å². The summed E-state index contributed by atoms with van der Waals surface area (Å²) in [5.41, 5.74) is 5.47. The van der Waals surface area contributed by atoms with Gasteiger partial charge in [-0.15, -0.1) is 0 Å². The topological polar surface area (TPSA) is 25.4 Å². The Hall–Kier alpha value is -1.61. The maximum absolute atomic E-state index is 5.87. The highest BCUT2D eigenvalue weighted by molar-refractivity contribution is 5.94. The molecule has 2 heterocycles. The van der Waals surface area contributed by atoms with Gasteiger partial charge in [-0.05, 0) is 56.7 Å². The first kappa shape index (κ1) is 15.9. The lowest BCUT2D eigenvalue weighted by molar-refractivity contribution is 0.00231. The molecule has 3 heteroatoms. The van der Waals surface area contributed by atoms with Gasteiger partial charge in [-0.3, -0.25) is 4.98 Å². The summed E-state index contributed by atoms with van der Waals surface area (Å²) in [6.07, 6.45) is 8.81. The van der Waals surface area contributed by atoms with Crippen LogP contribution in [0.1, 0.15) is 43.2 Å². The largest absolute Gasteiger partial charge is 0.381 e. The Morgan fingerprint density at radius 3 is 2.83 bits per heavy atom. The molecule has 0 amide bonds. The summed E-state index contributed by atoms with van der Waals surface area (Å²) in [5.74, 6) is 0. The molecule has 0 bridgehead atoms. The number of aryl methyl sites for hydroxylation is 2. The van der Waals surface area contributed by atoms with Crippen LogP contribution in [0, 0.1) is 19.3 Å². The van der Waals surface area contributed by atoms with Crippen LogP contribution in [0.4, 0.5) is 5.69 Å². The average molecular weight is 324 g/mol. The SMILES string of the molecule is CO[C@@H]1CCC[C@]12CCCN(c1ccnc3c(C)c(C)ccc13)C2. The van der Waals surface area contributed by atoms with Crippen LogP contribution in [0.3, 0.4) is 0 Å². The molecule has 0 unspecified atom stereocenters. The van der Waals surface area contributed by atoms with E-state index in [1.165, 1.54) is 54.3 Å². The molecule has 2 aromatic rings. The number of ether oxygens (including phenoxy) is 1. The van der Waals surface area contributed by atoms with Crippen LogP contribution < -0.4 is 4.90 Å². The number of fused-ring (bicyclic) bond motifs is 1. The minimum Gasteiger partial charge on any atom is -0.381 e. The molecule has 1 aliphatic heterocycles. The van der Waals surface area contributed by atoms with Crippen molar-refractivity contribution in [3.8, 4) is 0 Å². The van der Waals surface area contributed by atoms with E-state index in [9.17, 15) is 0 Å². The Kier molecular flexibility index (Phi) is 4.00.